The van der Waals surface area contributed by atoms with Crippen molar-refractivity contribution in [2.24, 2.45) is 17.8 Å². The number of benzene rings is 1. The van der Waals surface area contributed by atoms with Crippen LogP contribution in [-0.2, 0) is 4.79 Å². The first-order chi connectivity index (χ1) is 11.8. The quantitative estimate of drug-likeness (QED) is 0.817. The Morgan fingerprint density at radius 3 is 2.62 bits per heavy atom. The van der Waals surface area contributed by atoms with Crippen LogP contribution in [0.25, 0.3) is 11.3 Å². The molecule has 1 aromatic heterocycles. The van der Waals surface area contributed by atoms with E-state index in [0.29, 0.717) is 17.7 Å². The van der Waals surface area contributed by atoms with Crippen LogP contribution in [0, 0.1) is 17.8 Å². The summed E-state index contributed by atoms with van der Waals surface area (Å²) >= 11 is 0. The van der Waals surface area contributed by atoms with Gasteiger partial charge < -0.3 is 4.90 Å². The molecule has 24 heavy (non-hydrogen) atoms. The van der Waals surface area contributed by atoms with Crippen molar-refractivity contribution in [2.45, 2.75) is 18.9 Å². The maximum atomic E-state index is 12.7. The van der Waals surface area contributed by atoms with Gasteiger partial charge in [0.25, 0.3) is 0 Å². The summed E-state index contributed by atoms with van der Waals surface area (Å²) in [5, 5.41) is 8.53. The molecule has 2 fully saturated rings. The maximum Gasteiger partial charge on any atom is 0.226 e. The molecule has 0 N–H and O–H groups in total. The van der Waals surface area contributed by atoms with Crippen LogP contribution in [0.15, 0.2) is 48.7 Å². The van der Waals surface area contributed by atoms with Gasteiger partial charge in [-0.15, -0.1) is 5.10 Å². The van der Waals surface area contributed by atoms with Gasteiger partial charge in [0.1, 0.15) is 5.69 Å². The zero-order chi connectivity index (χ0) is 16.1. The first-order valence-corrected chi connectivity index (χ1v) is 8.72. The Hall–Kier alpha value is -2.43. The fraction of sp³-hybridized carbons (Fsp3) is 0.421. The van der Waals surface area contributed by atoms with Gasteiger partial charge in [0.05, 0.1) is 12.2 Å². The van der Waals surface area contributed by atoms with Crippen LogP contribution in [0.4, 0.5) is 0 Å². The van der Waals surface area contributed by atoms with E-state index in [9.17, 15) is 4.79 Å². The summed E-state index contributed by atoms with van der Waals surface area (Å²) in [5.41, 5.74) is 1.96. The van der Waals surface area contributed by atoms with Gasteiger partial charge in [-0.05, 0) is 24.7 Å². The van der Waals surface area contributed by atoms with Crippen molar-refractivity contribution in [1.82, 2.24) is 19.9 Å². The number of carbonyl (C=O) groups is 1. The number of carbonyl (C=O) groups excluding carboxylic acids is 1. The highest BCUT2D eigenvalue weighted by molar-refractivity contribution is 5.81. The summed E-state index contributed by atoms with van der Waals surface area (Å²) in [7, 11) is 0. The van der Waals surface area contributed by atoms with Crippen LogP contribution in [0.1, 0.15) is 18.9 Å². The highest BCUT2D eigenvalue weighted by Gasteiger charge is 2.44. The average molecular weight is 320 g/mol. The van der Waals surface area contributed by atoms with Gasteiger partial charge in [-0.25, -0.2) is 4.68 Å². The Bertz CT molecular complexity index is 791. The number of hydrogen-bond acceptors (Lipinski definition) is 3. The predicted molar refractivity (Wildman–Crippen MR) is 89.9 cm³/mol. The summed E-state index contributed by atoms with van der Waals surface area (Å²) in [5.74, 6) is 1.69. The smallest absolute Gasteiger partial charge is 0.226 e. The third kappa shape index (κ3) is 2.19. The second kappa shape index (κ2) is 5.30. The summed E-state index contributed by atoms with van der Waals surface area (Å²) in [6.45, 7) is 1.52. The molecule has 3 atom stereocenters. The largest absolute Gasteiger partial charge is 0.338 e. The molecule has 5 nitrogen and oxygen atoms in total. The van der Waals surface area contributed by atoms with Gasteiger partial charge in [0, 0.05) is 24.6 Å². The highest BCUT2D eigenvalue weighted by atomic mass is 16.2. The van der Waals surface area contributed by atoms with Crippen LogP contribution in [-0.4, -0.2) is 38.9 Å². The lowest BCUT2D eigenvalue weighted by Crippen LogP contribution is -2.53. The molecule has 1 aliphatic heterocycles. The Kier molecular flexibility index (Phi) is 3.08. The summed E-state index contributed by atoms with van der Waals surface area (Å²) in [4.78, 5) is 14.7. The molecule has 5 rings (SSSR count). The van der Waals surface area contributed by atoms with Crippen LogP contribution < -0.4 is 0 Å². The lowest BCUT2D eigenvalue weighted by molar-refractivity contribution is -0.142. The van der Waals surface area contributed by atoms with E-state index < -0.39 is 0 Å². The Balaban J connectivity index is 1.23. The van der Waals surface area contributed by atoms with Crippen molar-refractivity contribution < 1.29 is 4.79 Å². The number of hydrogen-bond donors (Lipinski definition) is 0. The third-order valence-electron chi connectivity index (χ3n) is 5.72. The SMILES string of the molecule is O=C(C1CC2C=CC1C2)N1CC(n2cc(-c3ccccc3)nn2)C1. The lowest BCUT2D eigenvalue weighted by Gasteiger charge is -2.41. The van der Waals surface area contributed by atoms with E-state index in [-0.39, 0.29) is 12.0 Å². The molecule has 1 saturated carbocycles. The van der Waals surface area contributed by atoms with Gasteiger partial charge in [0.15, 0.2) is 0 Å². The number of amides is 1. The molecule has 1 saturated heterocycles. The van der Waals surface area contributed by atoms with Crippen LogP contribution in [0.5, 0.6) is 0 Å². The van der Waals surface area contributed by atoms with Crippen LogP contribution in [0.3, 0.4) is 0 Å². The fourth-order valence-electron chi connectivity index (χ4n) is 4.30. The molecule has 5 heteroatoms. The molecule has 122 valence electrons. The second-order valence-corrected chi connectivity index (χ2v) is 7.23. The average Bonchev–Trinajstić information content (AvgIpc) is 3.31. The molecule has 1 amide bonds. The van der Waals surface area contributed by atoms with E-state index in [1.807, 2.05) is 46.1 Å². The molecule has 2 aliphatic carbocycles. The number of likely N-dealkylation sites (tertiary alicyclic amines) is 1. The normalized spacial score (nSPS) is 28.3. The van der Waals surface area contributed by atoms with Crippen LogP contribution in [0.2, 0.25) is 0 Å². The molecule has 2 bridgehead atoms. The fourth-order valence-corrected chi connectivity index (χ4v) is 4.30. The van der Waals surface area contributed by atoms with E-state index in [2.05, 4.69) is 22.5 Å². The molecule has 2 aromatic rings. The monoisotopic (exact) mass is 320 g/mol. The summed E-state index contributed by atoms with van der Waals surface area (Å²) in [6, 6.07) is 10.3. The number of allylic oxidation sites excluding steroid dienone is 2. The minimum absolute atomic E-state index is 0.219. The number of aromatic nitrogens is 3. The molecular formula is C19H20N4O. The Labute approximate surface area is 141 Å². The zero-order valence-electron chi connectivity index (χ0n) is 13.5. The van der Waals surface area contributed by atoms with Gasteiger partial charge in [-0.1, -0.05) is 47.7 Å². The molecular weight excluding hydrogens is 300 g/mol. The molecule has 0 spiro atoms. The molecule has 3 aliphatic rings. The second-order valence-electron chi connectivity index (χ2n) is 7.23. The van der Waals surface area contributed by atoms with E-state index >= 15 is 0 Å². The predicted octanol–water partition coefficient (Wildman–Crippen LogP) is 2.54. The molecule has 1 aromatic carbocycles. The van der Waals surface area contributed by atoms with E-state index in [4.69, 9.17) is 0 Å². The molecule has 0 radical (unpaired) electrons. The number of rotatable bonds is 3. The van der Waals surface area contributed by atoms with E-state index in [1.54, 1.807) is 0 Å². The minimum atomic E-state index is 0.219. The number of nitrogens with zero attached hydrogens (tertiary/aromatic N) is 4. The Morgan fingerprint density at radius 2 is 1.92 bits per heavy atom. The van der Waals surface area contributed by atoms with Gasteiger partial charge in [-0.2, -0.15) is 0 Å². The van der Waals surface area contributed by atoms with Crippen molar-refractivity contribution in [2.75, 3.05) is 13.1 Å². The van der Waals surface area contributed by atoms with Crippen molar-refractivity contribution >= 4 is 5.91 Å². The summed E-state index contributed by atoms with van der Waals surface area (Å²) in [6.07, 6.45) is 8.74. The lowest BCUT2D eigenvalue weighted by atomic mass is 9.91. The van der Waals surface area contributed by atoms with Gasteiger partial charge in [0.2, 0.25) is 5.91 Å². The molecule has 3 unspecified atom stereocenters. The van der Waals surface area contributed by atoms with Crippen LogP contribution >= 0.6 is 0 Å². The maximum absolute atomic E-state index is 12.7. The van der Waals surface area contributed by atoms with E-state index in [0.717, 1.165) is 30.8 Å². The molecule has 2 heterocycles. The van der Waals surface area contributed by atoms with Crippen molar-refractivity contribution in [3.05, 3.63) is 48.7 Å². The van der Waals surface area contributed by atoms with E-state index in [1.165, 1.54) is 6.42 Å². The Morgan fingerprint density at radius 1 is 1.08 bits per heavy atom. The highest BCUT2D eigenvalue weighted by Crippen LogP contribution is 2.44. The van der Waals surface area contributed by atoms with Crippen molar-refractivity contribution in [1.29, 1.82) is 0 Å². The van der Waals surface area contributed by atoms with Crippen molar-refractivity contribution in [3.8, 4) is 11.3 Å². The zero-order valence-corrected chi connectivity index (χ0v) is 13.5. The standard InChI is InChI=1S/C19H20N4O/c24-19(17-9-13-6-7-15(17)8-13)22-10-16(11-22)23-12-18(20-21-23)14-4-2-1-3-5-14/h1-7,12-13,15-17H,8-11H2. The third-order valence-corrected chi connectivity index (χ3v) is 5.72. The minimum Gasteiger partial charge on any atom is -0.338 e. The number of fused-ring (bicyclic) bond motifs is 2. The first-order valence-electron chi connectivity index (χ1n) is 8.72. The van der Waals surface area contributed by atoms with Gasteiger partial charge in [-0.3, -0.25) is 4.79 Å². The topological polar surface area (TPSA) is 51.0 Å². The van der Waals surface area contributed by atoms with Crippen molar-refractivity contribution in [3.63, 3.8) is 0 Å². The summed E-state index contributed by atoms with van der Waals surface area (Å²) < 4.78 is 1.91. The van der Waals surface area contributed by atoms with Gasteiger partial charge >= 0.3 is 0 Å². The first kappa shape index (κ1) is 14.0.